The van der Waals surface area contributed by atoms with Gasteiger partial charge in [0.2, 0.25) is 0 Å². The summed E-state index contributed by atoms with van der Waals surface area (Å²) in [5, 5.41) is 3.96. The van der Waals surface area contributed by atoms with E-state index in [2.05, 4.69) is 5.32 Å². The Kier molecular flexibility index (Phi) is 3.82. The first-order chi connectivity index (χ1) is 7.66. The Morgan fingerprint density at radius 2 is 2.06 bits per heavy atom. The number of halogens is 2. The molecule has 16 heavy (non-hydrogen) atoms. The number of aryl methyl sites for hydroxylation is 1. The van der Waals surface area contributed by atoms with Gasteiger partial charge in [-0.25, -0.2) is 4.39 Å². The fraction of sp³-hybridized carbons (Fsp3) is 0.538. The molecular weight excluding hydrogens is 225 g/mol. The molecule has 0 aromatic heterocycles. The Hall–Kier alpha value is -0.600. The molecule has 1 aliphatic rings. The summed E-state index contributed by atoms with van der Waals surface area (Å²) in [7, 11) is 0. The van der Waals surface area contributed by atoms with Crippen molar-refractivity contribution in [2.24, 2.45) is 5.92 Å². The molecule has 88 valence electrons. The number of benzene rings is 1. The predicted molar refractivity (Wildman–Crippen MR) is 65.4 cm³/mol. The van der Waals surface area contributed by atoms with Crippen molar-refractivity contribution in [3.05, 3.63) is 34.1 Å². The molecule has 0 saturated carbocycles. The van der Waals surface area contributed by atoms with Crippen molar-refractivity contribution >= 4 is 11.6 Å². The maximum absolute atomic E-state index is 13.9. The van der Waals surface area contributed by atoms with E-state index in [1.54, 1.807) is 19.1 Å². The molecule has 2 rings (SSSR count). The molecule has 1 heterocycles. The van der Waals surface area contributed by atoms with E-state index in [0.29, 0.717) is 16.5 Å². The van der Waals surface area contributed by atoms with Crippen LogP contribution >= 0.6 is 11.6 Å². The third-order valence-electron chi connectivity index (χ3n) is 3.26. The minimum atomic E-state index is -0.0806. The Labute approximate surface area is 101 Å². The van der Waals surface area contributed by atoms with Crippen LogP contribution in [0.3, 0.4) is 0 Å². The molecule has 3 heteroatoms. The molecule has 1 N–H and O–H groups in total. The third-order valence-corrected chi connectivity index (χ3v) is 3.48. The third kappa shape index (κ3) is 2.74. The molecule has 1 aromatic rings. The van der Waals surface area contributed by atoms with Gasteiger partial charge >= 0.3 is 0 Å². The number of hydrogen-bond acceptors (Lipinski definition) is 1. The van der Waals surface area contributed by atoms with Crippen molar-refractivity contribution in [1.29, 1.82) is 0 Å². The summed E-state index contributed by atoms with van der Waals surface area (Å²) >= 11 is 5.96. The summed E-state index contributed by atoms with van der Waals surface area (Å²) in [6, 6.07) is 3.45. The molecule has 0 radical (unpaired) electrons. The van der Waals surface area contributed by atoms with Crippen LogP contribution in [-0.2, 0) is 6.42 Å². The predicted octanol–water partition coefficient (Wildman–Crippen LogP) is 3.33. The number of hydrogen-bond donors (Lipinski definition) is 1. The van der Waals surface area contributed by atoms with Gasteiger partial charge in [-0.1, -0.05) is 11.6 Å². The highest BCUT2D eigenvalue weighted by Gasteiger charge is 2.16. The number of nitrogens with one attached hydrogen (secondary N) is 1. The van der Waals surface area contributed by atoms with E-state index in [9.17, 15) is 4.39 Å². The van der Waals surface area contributed by atoms with Crippen molar-refractivity contribution in [3.63, 3.8) is 0 Å². The summed E-state index contributed by atoms with van der Waals surface area (Å²) in [5.41, 5.74) is 1.42. The second-order valence-electron chi connectivity index (χ2n) is 4.59. The van der Waals surface area contributed by atoms with Crippen LogP contribution < -0.4 is 5.32 Å². The van der Waals surface area contributed by atoms with Crippen molar-refractivity contribution in [2.45, 2.75) is 26.2 Å². The van der Waals surface area contributed by atoms with Gasteiger partial charge in [0.1, 0.15) is 5.82 Å². The highest BCUT2D eigenvalue weighted by atomic mass is 35.5. The Balaban J connectivity index is 2.13. The Bertz CT molecular complexity index is 372. The second-order valence-corrected chi connectivity index (χ2v) is 5.03. The van der Waals surface area contributed by atoms with Crippen molar-refractivity contribution in [3.8, 4) is 0 Å². The first-order valence-electron chi connectivity index (χ1n) is 5.82. The smallest absolute Gasteiger partial charge is 0.129 e. The van der Waals surface area contributed by atoms with Gasteiger partial charge in [-0.3, -0.25) is 0 Å². The molecule has 0 spiro atoms. The van der Waals surface area contributed by atoms with Gasteiger partial charge in [0, 0.05) is 5.02 Å². The first kappa shape index (κ1) is 11.9. The standard InChI is InChI=1S/C13H17ClFN/c1-9-6-12(14)8-11(13(9)15)7-10-2-4-16-5-3-10/h6,8,10,16H,2-5,7H2,1H3. The minimum absolute atomic E-state index is 0.0806. The Morgan fingerprint density at radius 1 is 1.38 bits per heavy atom. The average Bonchev–Trinajstić information content (AvgIpc) is 2.27. The lowest BCUT2D eigenvalue weighted by Crippen LogP contribution is -2.28. The normalized spacial score (nSPS) is 17.7. The summed E-state index contributed by atoms with van der Waals surface area (Å²) in [6.45, 7) is 3.87. The molecular formula is C13H17ClFN. The van der Waals surface area contributed by atoms with Crippen LogP contribution in [-0.4, -0.2) is 13.1 Å². The van der Waals surface area contributed by atoms with Crippen LogP contribution in [0.4, 0.5) is 4.39 Å². The molecule has 1 fully saturated rings. The van der Waals surface area contributed by atoms with Crippen molar-refractivity contribution in [1.82, 2.24) is 5.32 Å². The minimum Gasteiger partial charge on any atom is -0.317 e. The van der Waals surface area contributed by atoms with Gasteiger partial charge in [-0.2, -0.15) is 0 Å². The average molecular weight is 242 g/mol. The molecule has 0 aliphatic carbocycles. The van der Waals surface area contributed by atoms with Gasteiger partial charge in [0.25, 0.3) is 0 Å². The van der Waals surface area contributed by atoms with Crippen LogP contribution in [0.2, 0.25) is 5.02 Å². The zero-order chi connectivity index (χ0) is 11.5. The molecule has 1 nitrogen and oxygen atoms in total. The molecule has 0 bridgehead atoms. The van der Waals surface area contributed by atoms with Gasteiger partial charge in [0.05, 0.1) is 0 Å². The lowest BCUT2D eigenvalue weighted by atomic mass is 9.90. The topological polar surface area (TPSA) is 12.0 Å². The van der Waals surface area contributed by atoms with Crippen LogP contribution in [0.1, 0.15) is 24.0 Å². The molecule has 1 aromatic carbocycles. The fourth-order valence-corrected chi connectivity index (χ4v) is 2.64. The monoisotopic (exact) mass is 241 g/mol. The van der Waals surface area contributed by atoms with E-state index in [1.165, 1.54) is 0 Å². The quantitative estimate of drug-likeness (QED) is 0.838. The lowest BCUT2D eigenvalue weighted by Gasteiger charge is -2.23. The molecule has 0 amide bonds. The highest BCUT2D eigenvalue weighted by Crippen LogP contribution is 2.24. The van der Waals surface area contributed by atoms with Gasteiger partial charge in [-0.15, -0.1) is 0 Å². The first-order valence-corrected chi connectivity index (χ1v) is 6.20. The van der Waals surface area contributed by atoms with Gasteiger partial charge in [0.15, 0.2) is 0 Å². The largest absolute Gasteiger partial charge is 0.317 e. The maximum atomic E-state index is 13.9. The Morgan fingerprint density at radius 3 is 2.75 bits per heavy atom. The van der Waals surface area contributed by atoms with Crippen LogP contribution in [0, 0.1) is 18.7 Å². The zero-order valence-electron chi connectivity index (χ0n) is 9.52. The highest BCUT2D eigenvalue weighted by molar-refractivity contribution is 6.30. The SMILES string of the molecule is Cc1cc(Cl)cc(CC2CCNCC2)c1F. The van der Waals surface area contributed by atoms with Gasteiger partial charge in [-0.05, 0) is 68.5 Å². The van der Waals surface area contributed by atoms with E-state index in [4.69, 9.17) is 11.6 Å². The second kappa shape index (κ2) is 5.15. The van der Waals surface area contributed by atoms with E-state index in [-0.39, 0.29) is 5.82 Å². The van der Waals surface area contributed by atoms with Crippen molar-refractivity contribution < 1.29 is 4.39 Å². The van der Waals surface area contributed by atoms with E-state index in [1.807, 2.05) is 0 Å². The summed E-state index contributed by atoms with van der Waals surface area (Å²) in [6.07, 6.45) is 3.07. The lowest BCUT2D eigenvalue weighted by molar-refractivity contribution is 0.368. The maximum Gasteiger partial charge on any atom is 0.129 e. The number of rotatable bonds is 2. The summed E-state index contributed by atoms with van der Waals surface area (Å²) in [4.78, 5) is 0. The van der Waals surface area contributed by atoms with Gasteiger partial charge < -0.3 is 5.32 Å². The van der Waals surface area contributed by atoms with Crippen LogP contribution in [0.15, 0.2) is 12.1 Å². The molecule has 0 atom stereocenters. The molecule has 1 saturated heterocycles. The summed E-state index contributed by atoms with van der Waals surface area (Å²) in [5.74, 6) is 0.511. The van der Waals surface area contributed by atoms with Crippen LogP contribution in [0.5, 0.6) is 0 Å². The molecule has 1 aliphatic heterocycles. The fourth-order valence-electron chi connectivity index (χ4n) is 2.34. The summed E-state index contributed by atoms with van der Waals surface area (Å²) < 4.78 is 13.9. The molecule has 0 unspecified atom stereocenters. The van der Waals surface area contributed by atoms with Crippen molar-refractivity contribution in [2.75, 3.05) is 13.1 Å². The van der Waals surface area contributed by atoms with E-state index in [0.717, 1.165) is 37.9 Å². The van der Waals surface area contributed by atoms with Crippen LogP contribution in [0.25, 0.3) is 0 Å². The zero-order valence-corrected chi connectivity index (χ0v) is 10.3. The van der Waals surface area contributed by atoms with E-state index >= 15 is 0 Å². The number of piperidine rings is 1. The van der Waals surface area contributed by atoms with E-state index < -0.39 is 0 Å².